The van der Waals surface area contributed by atoms with Crippen LogP contribution < -0.4 is 5.32 Å². The van der Waals surface area contributed by atoms with Crippen molar-refractivity contribution in [1.82, 2.24) is 5.32 Å². The van der Waals surface area contributed by atoms with Crippen LogP contribution in [0, 0.1) is 11.8 Å². The minimum Gasteiger partial charge on any atom is -0.316 e. The number of rotatable bonds is 2. The van der Waals surface area contributed by atoms with E-state index in [1.165, 1.54) is 11.1 Å². The molecule has 114 valence electrons. The van der Waals surface area contributed by atoms with Gasteiger partial charge in [0, 0.05) is 17.9 Å². The average Bonchev–Trinajstić information content (AvgIpc) is 3.08. The van der Waals surface area contributed by atoms with Crippen LogP contribution in [0.3, 0.4) is 0 Å². The fraction of sp³-hybridized carbons (Fsp3) is 0.400. The molecule has 1 aliphatic carbocycles. The molecule has 0 amide bonds. The van der Waals surface area contributed by atoms with Crippen molar-refractivity contribution in [2.45, 2.75) is 24.4 Å². The maximum Gasteiger partial charge on any atom is 0.105 e. The molecule has 0 spiro atoms. The minimum absolute atomic E-state index is 0.0563. The average molecular weight is 295 g/mol. The van der Waals surface area contributed by atoms with Crippen LogP contribution in [-0.4, -0.2) is 19.3 Å². The summed E-state index contributed by atoms with van der Waals surface area (Å²) in [5.74, 6) is 0.468. The number of benzene rings is 2. The molecule has 1 nitrogen and oxygen atoms in total. The van der Waals surface area contributed by atoms with Crippen molar-refractivity contribution in [2.75, 3.05) is 13.1 Å². The lowest BCUT2D eigenvalue weighted by molar-refractivity contribution is 0.0883. The zero-order chi connectivity index (χ0) is 15.0. The van der Waals surface area contributed by atoms with E-state index in [-0.39, 0.29) is 11.3 Å². The summed E-state index contributed by atoms with van der Waals surface area (Å²) in [6.07, 6.45) is 0.887. The highest BCUT2D eigenvalue weighted by Crippen LogP contribution is 2.52. The normalized spacial score (nSPS) is 30.0. The van der Waals surface area contributed by atoms with Gasteiger partial charge in [-0.3, -0.25) is 0 Å². The highest BCUT2D eigenvalue weighted by Gasteiger charge is 2.52. The minimum atomic E-state index is -0.666. The van der Waals surface area contributed by atoms with Gasteiger partial charge in [0.2, 0.25) is 0 Å². The number of hydrogen-bond acceptors (Lipinski definition) is 1. The second-order valence-electron chi connectivity index (χ2n) is 6.69. The van der Waals surface area contributed by atoms with Crippen molar-refractivity contribution < 1.29 is 4.39 Å². The Bertz CT molecular complexity index is 585. The molecular formula is C20H22FN. The predicted octanol–water partition coefficient (Wildman–Crippen LogP) is 3.94. The molecule has 3 atom stereocenters. The van der Waals surface area contributed by atoms with Crippen LogP contribution in [0.4, 0.5) is 4.39 Å². The van der Waals surface area contributed by atoms with Crippen LogP contribution in [0.25, 0.3) is 0 Å². The van der Waals surface area contributed by atoms with E-state index in [9.17, 15) is 4.39 Å². The monoisotopic (exact) mass is 295 g/mol. The Morgan fingerprint density at radius 3 is 2.05 bits per heavy atom. The maximum atomic E-state index is 14.5. The first-order chi connectivity index (χ1) is 10.8. The molecule has 22 heavy (non-hydrogen) atoms. The maximum absolute atomic E-state index is 14.5. The lowest BCUT2D eigenvalue weighted by Gasteiger charge is -2.47. The highest BCUT2D eigenvalue weighted by molar-refractivity contribution is 5.42. The number of halogens is 1. The first-order valence-corrected chi connectivity index (χ1v) is 8.28. The highest BCUT2D eigenvalue weighted by atomic mass is 19.1. The van der Waals surface area contributed by atoms with Crippen LogP contribution in [0.1, 0.15) is 24.0 Å². The second kappa shape index (κ2) is 5.51. The third-order valence-electron chi connectivity index (χ3n) is 5.75. The second-order valence-corrected chi connectivity index (χ2v) is 6.69. The van der Waals surface area contributed by atoms with Crippen molar-refractivity contribution in [3.63, 3.8) is 0 Å². The van der Waals surface area contributed by atoms with Gasteiger partial charge in [-0.15, -0.1) is 0 Å². The topological polar surface area (TPSA) is 12.0 Å². The molecule has 0 radical (unpaired) electrons. The Morgan fingerprint density at radius 1 is 0.864 bits per heavy atom. The molecule has 0 aromatic heterocycles. The Balaban J connectivity index is 1.90. The van der Waals surface area contributed by atoms with E-state index in [2.05, 4.69) is 66.0 Å². The molecule has 0 bridgehead atoms. The summed E-state index contributed by atoms with van der Waals surface area (Å²) in [5, 5.41) is 3.45. The summed E-state index contributed by atoms with van der Waals surface area (Å²) in [4.78, 5) is 0. The molecule has 1 N–H and O–H groups in total. The van der Waals surface area contributed by atoms with Gasteiger partial charge >= 0.3 is 0 Å². The Labute approximate surface area is 131 Å². The van der Waals surface area contributed by atoms with Crippen molar-refractivity contribution in [2.24, 2.45) is 11.8 Å². The van der Waals surface area contributed by atoms with E-state index in [0.717, 1.165) is 19.5 Å². The third kappa shape index (κ3) is 2.01. The molecular weight excluding hydrogens is 273 g/mol. The zero-order valence-electron chi connectivity index (χ0n) is 12.7. The first-order valence-electron chi connectivity index (χ1n) is 8.28. The molecule has 2 aromatic rings. The van der Waals surface area contributed by atoms with Crippen molar-refractivity contribution in [3.05, 3.63) is 71.8 Å². The lowest BCUT2D eigenvalue weighted by Crippen LogP contribution is -2.47. The summed E-state index contributed by atoms with van der Waals surface area (Å²) >= 11 is 0. The summed E-state index contributed by atoms with van der Waals surface area (Å²) in [6, 6.07) is 21.5. The van der Waals surface area contributed by atoms with Crippen molar-refractivity contribution in [1.29, 1.82) is 0 Å². The molecule has 2 aliphatic rings. The lowest BCUT2D eigenvalue weighted by atomic mass is 9.56. The van der Waals surface area contributed by atoms with E-state index in [1.54, 1.807) is 0 Å². The van der Waals surface area contributed by atoms with Crippen LogP contribution in [0.5, 0.6) is 0 Å². The number of alkyl halides is 1. The fourth-order valence-corrected chi connectivity index (χ4v) is 4.74. The quantitative estimate of drug-likeness (QED) is 0.885. The number of nitrogens with one attached hydrogen (secondary N) is 1. The van der Waals surface area contributed by atoms with Gasteiger partial charge in [0.05, 0.1) is 0 Å². The molecule has 1 aliphatic heterocycles. The molecule has 1 saturated carbocycles. The fourth-order valence-electron chi connectivity index (χ4n) is 4.74. The van der Waals surface area contributed by atoms with Crippen LogP contribution in [0.15, 0.2) is 60.7 Å². The van der Waals surface area contributed by atoms with E-state index in [0.29, 0.717) is 12.3 Å². The SMILES string of the molecule is F[C@@H]1CCC(c2ccccc2)(c2ccccc2)[C@@H]2CNC[C@H]12. The van der Waals surface area contributed by atoms with Crippen LogP contribution in [-0.2, 0) is 5.41 Å². The molecule has 2 fully saturated rings. The summed E-state index contributed by atoms with van der Waals surface area (Å²) in [7, 11) is 0. The van der Waals surface area contributed by atoms with Crippen molar-refractivity contribution in [3.8, 4) is 0 Å². The van der Waals surface area contributed by atoms with Gasteiger partial charge in [-0.2, -0.15) is 0 Å². The van der Waals surface area contributed by atoms with Crippen LogP contribution >= 0.6 is 0 Å². The summed E-state index contributed by atoms with van der Waals surface area (Å²) < 4.78 is 14.5. The van der Waals surface area contributed by atoms with Gasteiger partial charge in [0.25, 0.3) is 0 Å². The molecule has 2 aromatic carbocycles. The van der Waals surface area contributed by atoms with Gasteiger partial charge in [0.15, 0.2) is 0 Å². The van der Waals surface area contributed by atoms with Gasteiger partial charge in [-0.25, -0.2) is 4.39 Å². The van der Waals surface area contributed by atoms with E-state index < -0.39 is 6.17 Å². The van der Waals surface area contributed by atoms with Crippen LogP contribution in [0.2, 0.25) is 0 Å². The zero-order valence-corrected chi connectivity index (χ0v) is 12.7. The number of hydrogen-bond donors (Lipinski definition) is 1. The molecule has 1 heterocycles. The van der Waals surface area contributed by atoms with E-state index in [4.69, 9.17) is 0 Å². The van der Waals surface area contributed by atoms with Gasteiger partial charge < -0.3 is 5.32 Å². The van der Waals surface area contributed by atoms with Gasteiger partial charge in [-0.1, -0.05) is 60.7 Å². The smallest absolute Gasteiger partial charge is 0.105 e. The van der Waals surface area contributed by atoms with E-state index in [1.807, 2.05) is 0 Å². The summed E-state index contributed by atoms with van der Waals surface area (Å²) in [5.41, 5.74) is 2.62. The largest absolute Gasteiger partial charge is 0.316 e. The molecule has 1 saturated heterocycles. The van der Waals surface area contributed by atoms with Gasteiger partial charge in [-0.05, 0) is 36.4 Å². The Kier molecular flexibility index (Phi) is 3.50. The molecule has 4 rings (SSSR count). The first kappa shape index (κ1) is 14.0. The Hall–Kier alpha value is -1.67. The Morgan fingerprint density at radius 2 is 1.45 bits per heavy atom. The predicted molar refractivity (Wildman–Crippen MR) is 87.6 cm³/mol. The third-order valence-corrected chi connectivity index (χ3v) is 5.75. The standard InChI is InChI=1S/C20H22FN/c21-19-11-12-20(15-7-3-1-4-8-15,16-9-5-2-6-10-16)18-14-22-13-17(18)19/h1-10,17-19,22H,11-14H2/t17-,18+,19+/m0/s1. The van der Waals surface area contributed by atoms with Crippen molar-refractivity contribution >= 4 is 0 Å². The number of fused-ring (bicyclic) bond motifs is 1. The van der Waals surface area contributed by atoms with E-state index >= 15 is 0 Å². The summed E-state index contributed by atoms with van der Waals surface area (Å²) in [6.45, 7) is 1.72. The van der Waals surface area contributed by atoms with Gasteiger partial charge in [0.1, 0.15) is 6.17 Å². The molecule has 2 heteroatoms. The molecule has 0 unspecified atom stereocenters.